The molecule has 0 radical (unpaired) electrons. The maximum absolute atomic E-state index is 13.3. The first-order valence-electron chi connectivity index (χ1n) is 4.52. The summed E-state index contributed by atoms with van der Waals surface area (Å²) in [5.74, 6) is -0.155. The van der Waals surface area contributed by atoms with Gasteiger partial charge in [0.15, 0.2) is 0 Å². The van der Waals surface area contributed by atoms with Gasteiger partial charge in [0.1, 0.15) is 5.82 Å². The van der Waals surface area contributed by atoms with Crippen LogP contribution in [0.3, 0.4) is 0 Å². The van der Waals surface area contributed by atoms with Crippen molar-refractivity contribution in [2.45, 2.75) is 12.5 Å². The van der Waals surface area contributed by atoms with Gasteiger partial charge in [0.05, 0.1) is 5.69 Å². The molecule has 1 aliphatic rings. The third-order valence-electron chi connectivity index (χ3n) is 2.50. The summed E-state index contributed by atoms with van der Waals surface area (Å²) in [6.07, 6.45) is 1.01. The summed E-state index contributed by atoms with van der Waals surface area (Å²) in [5, 5.41) is 6.26. The van der Waals surface area contributed by atoms with Crippen molar-refractivity contribution in [3.8, 4) is 0 Å². The summed E-state index contributed by atoms with van der Waals surface area (Å²) >= 11 is 0. The van der Waals surface area contributed by atoms with Crippen molar-refractivity contribution >= 4 is 5.69 Å². The van der Waals surface area contributed by atoms with E-state index in [9.17, 15) is 4.39 Å². The molecule has 2 N–H and O–H groups in total. The minimum Gasteiger partial charge on any atom is -0.382 e. The molecule has 13 heavy (non-hydrogen) atoms. The highest BCUT2D eigenvalue weighted by Crippen LogP contribution is 2.31. The van der Waals surface area contributed by atoms with Crippen molar-refractivity contribution in [3.63, 3.8) is 0 Å². The fourth-order valence-corrected chi connectivity index (χ4v) is 1.81. The van der Waals surface area contributed by atoms with Gasteiger partial charge in [-0.3, -0.25) is 0 Å². The number of hydrogen-bond donors (Lipinski definition) is 2. The number of anilines is 1. The van der Waals surface area contributed by atoms with Crippen LogP contribution in [0.1, 0.15) is 18.0 Å². The Balaban J connectivity index is 2.45. The van der Waals surface area contributed by atoms with Crippen LogP contribution >= 0.6 is 0 Å². The fourth-order valence-electron chi connectivity index (χ4n) is 1.81. The first kappa shape index (κ1) is 8.51. The maximum Gasteiger partial charge on any atom is 0.146 e. The van der Waals surface area contributed by atoms with Gasteiger partial charge in [-0.2, -0.15) is 0 Å². The molecule has 0 amide bonds. The van der Waals surface area contributed by atoms with Gasteiger partial charge in [-0.15, -0.1) is 0 Å². The quantitative estimate of drug-likeness (QED) is 0.689. The van der Waals surface area contributed by atoms with Crippen LogP contribution in [0.4, 0.5) is 10.1 Å². The lowest BCUT2D eigenvalue weighted by atomic mass is 9.98. The molecule has 2 nitrogen and oxygen atoms in total. The predicted molar refractivity (Wildman–Crippen MR) is 51.3 cm³/mol. The van der Waals surface area contributed by atoms with E-state index in [1.165, 1.54) is 6.07 Å². The van der Waals surface area contributed by atoms with Crippen LogP contribution in [0, 0.1) is 5.82 Å². The van der Waals surface area contributed by atoms with Crippen LogP contribution in [0.15, 0.2) is 18.2 Å². The lowest BCUT2D eigenvalue weighted by Crippen LogP contribution is -2.26. The van der Waals surface area contributed by atoms with Crippen molar-refractivity contribution in [1.29, 1.82) is 0 Å². The number of benzene rings is 1. The molecule has 0 aromatic heterocycles. The van der Waals surface area contributed by atoms with Gasteiger partial charge in [-0.25, -0.2) is 4.39 Å². The Morgan fingerprint density at radius 1 is 1.54 bits per heavy atom. The molecule has 0 bridgehead atoms. The van der Waals surface area contributed by atoms with Crippen LogP contribution < -0.4 is 10.6 Å². The molecule has 1 heterocycles. The molecular weight excluding hydrogens is 167 g/mol. The summed E-state index contributed by atoms with van der Waals surface area (Å²) in [7, 11) is 1.91. The maximum atomic E-state index is 13.3. The van der Waals surface area contributed by atoms with E-state index < -0.39 is 0 Å². The first-order chi connectivity index (χ1) is 6.33. The molecule has 0 saturated carbocycles. The SMILES string of the molecule is CNC1CCNc2c(F)cccc21. The molecule has 3 heteroatoms. The Kier molecular flexibility index (Phi) is 2.19. The van der Waals surface area contributed by atoms with Crippen LogP contribution in [-0.4, -0.2) is 13.6 Å². The van der Waals surface area contributed by atoms with E-state index in [1.54, 1.807) is 6.07 Å². The second kappa shape index (κ2) is 3.34. The first-order valence-corrected chi connectivity index (χ1v) is 4.52. The van der Waals surface area contributed by atoms with Crippen molar-refractivity contribution in [2.75, 3.05) is 18.9 Å². The molecule has 1 aromatic rings. The van der Waals surface area contributed by atoms with Gasteiger partial charge in [0.2, 0.25) is 0 Å². The minimum atomic E-state index is -0.155. The fraction of sp³-hybridized carbons (Fsp3) is 0.400. The Morgan fingerprint density at radius 2 is 2.38 bits per heavy atom. The normalized spacial score (nSPS) is 20.6. The molecule has 1 atom stereocenters. The third kappa shape index (κ3) is 1.40. The van der Waals surface area contributed by atoms with Gasteiger partial charge in [-0.05, 0) is 25.1 Å². The highest BCUT2D eigenvalue weighted by atomic mass is 19.1. The van der Waals surface area contributed by atoms with Crippen molar-refractivity contribution in [3.05, 3.63) is 29.6 Å². The minimum absolute atomic E-state index is 0.155. The molecule has 0 spiro atoms. The zero-order valence-electron chi connectivity index (χ0n) is 7.60. The summed E-state index contributed by atoms with van der Waals surface area (Å²) in [4.78, 5) is 0. The van der Waals surface area contributed by atoms with Crippen molar-refractivity contribution in [1.82, 2.24) is 5.32 Å². The monoisotopic (exact) mass is 180 g/mol. The average Bonchev–Trinajstić information content (AvgIpc) is 2.18. The van der Waals surface area contributed by atoms with Gasteiger partial charge < -0.3 is 10.6 Å². The van der Waals surface area contributed by atoms with Crippen LogP contribution in [0.2, 0.25) is 0 Å². The van der Waals surface area contributed by atoms with E-state index in [1.807, 2.05) is 13.1 Å². The Morgan fingerprint density at radius 3 is 3.15 bits per heavy atom. The molecular formula is C10H13FN2. The number of fused-ring (bicyclic) bond motifs is 1. The highest BCUT2D eigenvalue weighted by Gasteiger charge is 2.20. The summed E-state index contributed by atoms with van der Waals surface area (Å²) < 4.78 is 13.3. The van der Waals surface area contributed by atoms with E-state index in [-0.39, 0.29) is 11.9 Å². The summed E-state index contributed by atoms with van der Waals surface area (Å²) in [6.45, 7) is 0.833. The lowest BCUT2D eigenvalue weighted by Gasteiger charge is -2.26. The zero-order chi connectivity index (χ0) is 9.26. The van der Waals surface area contributed by atoms with Crippen molar-refractivity contribution in [2.24, 2.45) is 0 Å². The summed E-state index contributed by atoms with van der Waals surface area (Å²) in [5.41, 5.74) is 1.70. The predicted octanol–water partition coefficient (Wildman–Crippen LogP) is 1.90. The second-order valence-electron chi connectivity index (χ2n) is 3.26. The second-order valence-corrected chi connectivity index (χ2v) is 3.26. The molecule has 1 aliphatic heterocycles. The van der Waals surface area contributed by atoms with Gasteiger partial charge in [-0.1, -0.05) is 12.1 Å². The molecule has 0 fully saturated rings. The van der Waals surface area contributed by atoms with Gasteiger partial charge >= 0.3 is 0 Å². The molecule has 0 aliphatic carbocycles. The molecule has 1 aromatic carbocycles. The molecule has 1 unspecified atom stereocenters. The highest BCUT2D eigenvalue weighted by molar-refractivity contribution is 5.55. The van der Waals surface area contributed by atoms with E-state index in [0.29, 0.717) is 5.69 Å². The number of para-hydroxylation sites is 1. The topological polar surface area (TPSA) is 24.1 Å². The van der Waals surface area contributed by atoms with E-state index >= 15 is 0 Å². The van der Waals surface area contributed by atoms with E-state index in [4.69, 9.17) is 0 Å². The van der Waals surface area contributed by atoms with E-state index in [0.717, 1.165) is 18.5 Å². The van der Waals surface area contributed by atoms with Crippen molar-refractivity contribution < 1.29 is 4.39 Å². The van der Waals surface area contributed by atoms with Crippen LogP contribution in [0.5, 0.6) is 0 Å². The smallest absolute Gasteiger partial charge is 0.146 e. The lowest BCUT2D eigenvalue weighted by molar-refractivity contribution is 0.538. The zero-order valence-corrected chi connectivity index (χ0v) is 7.60. The molecule has 2 rings (SSSR count). The largest absolute Gasteiger partial charge is 0.382 e. The Labute approximate surface area is 77.2 Å². The Hall–Kier alpha value is -1.09. The number of rotatable bonds is 1. The molecule has 70 valence electrons. The third-order valence-corrected chi connectivity index (χ3v) is 2.50. The number of hydrogen-bond acceptors (Lipinski definition) is 2. The van der Waals surface area contributed by atoms with Gasteiger partial charge in [0, 0.05) is 12.6 Å². The van der Waals surface area contributed by atoms with Crippen LogP contribution in [-0.2, 0) is 0 Å². The Bertz CT molecular complexity index is 312. The van der Waals surface area contributed by atoms with E-state index in [2.05, 4.69) is 10.6 Å². The number of halogens is 1. The van der Waals surface area contributed by atoms with Gasteiger partial charge in [0.25, 0.3) is 0 Å². The standard InChI is InChI=1S/C10H13FN2/c1-12-9-5-6-13-10-7(9)3-2-4-8(10)11/h2-4,9,12-13H,5-6H2,1H3. The number of nitrogens with one attached hydrogen (secondary N) is 2. The van der Waals surface area contributed by atoms with Crippen LogP contribution in [0.25, 0.3) is 0 Å². The summed E-state index contributed by atoms with van der Waals surface area (Å²) in [6, 6.07) is 5.49. The molecule has 0 saturated heterocycles. The average molecular weight is 180 g/mol.